The van der Waals surface area contributed by atoms with Gasteiger partial charge in [0.25, 0.3) is 0 Å². The predicted octanol–water partition coefficient (Wildman–Crippen LogP) is 3.41. The number of aryl methyl sites for hydroxylation is 2. The molecule has 0 saturated heterocycles. The van der Waals surface area contributed by atoms with Crippen LogP contribution in [0.15, 0.2) is 36.4 Å². The second-order valence-corrected chi connectivity index (χ2v) is 3.98. The number of rotatable bonds is 2. The Hall–Kier alpha value is -1.83. The standard InChI is InChI=1S/C14H16N2/c1-10-7-8-11(2)12(9-10)13-5-4-6-14(15-3)16-13/h4-9H,1-3H3,(H,15,16). The van der Waals surface area contributed by atoms with Crippen molar-refractivity contribution in [3.63, 3.8) is 0 Å². The number of nitrogens with zero attached hydrogens (tertiary/aromatic N) is 1. The summed E-state index contributed by atoms with van der Waals surface area (Å²) in [6, 6.07) is 12.5. The zero-order valence-electron chi connectivity index (χ0n) is 9.91. The smallest absolute Gasteiger partial charge is 0.126 e. The van der Waals surface area contributed by atoms with Gasteiger partial charge in [-0.25, -0.2) is 4.98 Å². The Morgan fingerprint density at radius 1 is 1.06 bits per heavy atom. The van der Waals surface area contributed by atoms with Crippen LogP contribution in [0.25, 0.3) is 11.3 Å². The molecular weight excluding hydrogens is 196 g/mol. The van der Waals surface area contributed by atoms with Crippen LogP contribution in [-0.4, -0.2) is 12.0 Å². The lowest BCUT2D eigenvalue weighted by Crippen LogP contribution is -1.94. The van der Waals surface area contributed by atoms with E-state index in [1.165, 1.54) is 16.7 Å². The molecule has 0 radical (unpaired) electrons. The van der Waals surface area contributed by atoms with E-state index < -0.39 is 0 Å². The first kappa shape index (κ1) is 10.7. The SMILES string of the molecule is CNc1cccc(-c2cc(C)ccc2C)n1. The third-order valence-electron chi connectivity index (χ3n) is 2.67. The van der Waals surface area contributed by atoms with Crippen molar-refractivity contribution < 1.29 is 0 Å². The Kier molecular flexibility index (Phi) is 2.91. The third-order valence-corrected chi connectivity index (χ3v) is 2.67. The summed E-state index contributed by atoms with van der Waals surface area (Å²) in [4.78, 5) is 4.55. The fraction of sp³-hybridized carbons (Fsp3) is 0.214. The second-order valence-electron chi connectivity index (χ2n) is 3.98. The topological polar surface area (TPSA) is 24.9 Å². The van der Waals surface area contributed by atoms with E-state index in [9.17, 15) is 0 Å². The molecule has 1 aromatic heterocycles. The minimum atomic E-state index is 0.901. The fourth-order valence-corrected chi connectivity index (χ4v) is 1.74. The number of anilines is 1. The average Bonchev–Trinajstić information content (AvgIpc) is 2.32. The van der Waals surface area contributed by atoms with Gasteiger partial charge < -0.3 is 5.32 Å². The van der Waals surface area contributed by atoms with Crippen LogP contribution in [-0.2, 0) is 0 Å². The van der Waals surface area contributed by atoms with E-state index in [-0.39, 0.29) is 0 Å². The summed E-state index contributed by atoms with van der Waals surface area (Å²) in [6.07, 6.45) is 0. The van der Waals surface area contributed by atoms with Gasteiger partial charge in [-0.15, -0.1) is 0 Å². The van der Waals surface area contributed by atoms with E-state index in [4.69, 9.17) is 0 Å². The van der Waals surface area contributed by atoms with Crippen LogP contribution in [0, 0.1) is 13.8 Å². The highest BCUT2D eigenvalue weighted by Gasteiger charge is 2.03. The highest BCUT2D eigenvalue weighted by atomic mass is 15.0. The summed E-state index contributed by atoms with van der Waals surface area (Å²) in [5.41, 5.74) is 4.74. The maximum atomic E-state index is 4.55. The molecule has 2 rings (SSSR count). The number of nitrogens with one attached hydrogen (secondary N) is 1. The molecular formula is C14H16N2. The van der Waals surface area contributed by atoms with E-state index in [1.807, 2.05) is 25.2 Å². The van der Waals surface area contributed by atoms with Crippen LogP contribution in [0.5, 0.6) is 0 Å². The van der Waals surface area contributed by atoms with Crippen molar-refractivity contribution in [2.45, 2.75) is 13.8 Å². The van der Waals surface area contributed by atoms with Crippen LogP contribution < -0.4 is 5.32 Å². The van der Waals surface area contributed by atoms with E-state index in [0.717, 1.165) is 11.5 Å². The molecule has 0 aliphatic carbocycles. The molecule has 0 aliphatic rings. The van der Waals surface area contributed by atoms with Crippen LogP contribution in [0.4, 0.5) is 5.82 Å². The highest BCUT2D eigenvalue weighted by Crippen LogP contribution is 2.23. The fourth-order valence-electron chi connectivity index (χ4n) is 1.74. The number of aromatic nitrogens is 1. The lowest BCUT2D eigenvalue weighted by molar-refractivity contribution is 1.27. The van der Waals surface area contributed by atoms with E-state index >= 15 is 0 Å². The first-order valence-corrected chi connectivity index (χ1v) is 5.43. The molecule has 16 heavy (non-hydrogen) atoms. The molecule has 1 aromatic carbocycles. The van der Waals surface area contributed by atoms with Gasteiger partial charge in [0.1, 0.15) is 5.82 Å². The zero-order chi connectivity index (χ0) is 11.5. The molecule has 0 atom stereocenters. The van der Waals surface area contributed by atoms with Crippen molar-refractivity contribution in [2.24, 2.45) is 0 Å². The van der Waals surface area contributed by atoms with Crippen molar-refractivity contribution in [3.05, 3.63) is 47.5 Å². The predicted molar refractivity (Wildman–Crippen MR) is 68.7 cm³/mol. The molecule has 1 heterocycles. The molecule has 0 amide bonds. The van der Waals surface area contributed by atoms with E-state index in [2.05, 4.69) is 42.3 Å². The van der Waals surface area contributed by atoms with Crippen LogP contribution in [0.2, 0.25) is 0 Å². The summed E-state index contributed by atoms with van der Waals surface area (Å²) in [7, 11) is 1.88. The van der Waals surface area contributed by atoms with Gasteiger partial charge in [0.15, 0.2) is 0 Å². The van der Waals surface area contributed by atoms with Crippen molar-refractivity contribution in [1.82, 2.24) is 4.98 Å². The zero-order valence-corrected chi connectivity index (χ0v) is 9.91. The lowest BCUT2D eigenvalue weighted by atomic mass is 10.0. The molecule has 0 fully saturated rings. The maximum Gasteiger partial charge on any atom is 0.126 e. The summed E-state index contributed by atoms with van der Waals surface area (Å²) in [5, 5.41) is 3.06. The van der Waals surface area contributed by atoms with Gasteiger partial charge in [-0.05, 0) is 37.6 Å². The molecule has 2 nitrogen and oxygen atoms in total. The minimum absolute atomic E-state index is 0.901. The number of pyridine rings is 1. The number of benzene rings is 1. The van der Waals surface area contributed by atoms with Gasteiger partial charge >= 0.3 is 0 Å². The van der Waals surface area contributed by atoms with Gasteiger partial charge in [-0.3, -0.25) is 0 Å². The van der Waals surface area contributed by atoms with Gasteiger partial charge in [-0.2, -0.15) is 0 Å². The number of hydrogen-bond acceptors (Lipinski definition) is 2. The second kappa shape index (κ2) is 4.35. The summed E-state index contributed by atoms with van der Waals surface area (Å²) in [5.74, 6) is 0.901. The van der Waals surface area contributed by atoms with Gasteiger partial charge in [0, 0.05) is 12.6 Å². The molecule has 0 spiro atoms. The van der Waals surface area contributed by atoms with Gasteiger partial charge in [0.2, 0.25) is 0 Å². The van der Waals surface area contributed by atoms with E-state index in [0.29, 0.717) is 0 Å². The summed E-state index contributed by atoms with van der Waals surface area (Å²) < 4.78 is 0. The Morgan fingerprint density at radius 2 is 1.88 bits per heavy atom. The molecule has 82 valence electrons. The maximum absolute atomic E-state index is 4.55. The van der Waals surface area contributed by atoms with Crippen molar-refractivity contribution in [3.8, 4) is 11.3 Å². The van der Waals surface area contributed by atoms with Crippen molar-refractivity contribution >= 4 is 5.82 Å². The number of hydrogen-bond donors (Lipinski definition) is 1. The molecule has 0 bridgehead atoms. The molecule has 0 aliphatic heterocycles. The molecule has 0 unspecified atom stereocenters. The van der Waals surface area contributed by atoms with Crippen LogP contribution in [0.1, 0.15) is 11.1 Å². The largest absolute Gasteiger partial charge is 0.373 e. The monoisotopic (exact) mass is 212 g/mol. The molecule has 1 N–H and O–H groups in total. The normalized spacial score (nSPS) is 10.2. The van der Waals surface area contributed by atoms with Crippen LogP contribution >= 0.6 is 0 Å². The lowest BCUT2D eigenvalue weighted by Gasteiger charge is -2.08. The Bertz CT molecular complexity index is 504. The molecule has 2 aromatic rings. The first-order valence-electron chi connectivity index (χ1n) is 5.43. The molecule has 2 heteroatoms. The quantitative estimate of drug-likeness (QED) is 0.825. The first-order chi connectivity index (χ1) is 7.70. The van der Waals surface area contributed by atoms with Gasteiger partial charge in [0.05, 0.1) is 5.69 Å². The van der Waals surface area contributed by atoms with Gasteiger partial charge in [-0.1, -0.05) is 23.8 Å². The Morgan fingerprint density at radius 3 is 2.62 bits per heavy atom. The third kappa shape index (κ3) is 2.06. The highest BCUT2D eigenvalue weighted by molar-refractivity contribution is 5.65. The summed E-state index contributed by atoms with van der Waals surface area (Å²) in [6.45, 7) is 4.22. The van der Waals surface area contributed by atoms with Crippen molar-refractivity contribution in [2.75, 3.05) is 12.4 Å². The average molecular weight is 212 g/mol. The molecule has 0 saturated carbocycles. The Balaban J connectivity index is 2.53. The minimum Gasteiger partial charge on any atom is -0.373 e. The van der Waals surface area contributed by atoms with Crippen LogP contribution in [0.3, 0.4) is 0 Å². The van der Waals surface area contributed by atoms with E-state index in [1.54, 1.807) is 0 Å². The van der Waals surface area contributed by atoms with Crippen molar-refractivity contribution in [1.29, 1.82) is 0 Å². The summed E-state index contributed by atoms with van der Waals surface area (Å²) >= 11 is 0. The Labute approximate surface area is 96.4 Å².